The van der Waals surface area contributed by atoms with Crippen LogP contribution in [-0.4, -0.2) is 16.9 Å². The topological polar surface area (TPSA) is 45.0 Å². The van der Waals surface area contributed by atoms with Crippen molar-refractivity contribution in [1.29, 1.82) is 0 Å². The first-order chi connectivity index (χ1) is 8.28. The van der Waals surface area contributed by atoms with E-state index >= 15 is 0 Å². The van der Waals surface area contributed by atoms with E-state index in [9.17, 15) is 0 Å². The summed E-state index contributed by atoms with van der Waals surface area (Å²) in [5.74, 6) is 0. The molecule has 0 fully saturated rings. The molecule has 0 radical (unpaired) electrons. The van der Waals surface area contributed by atoms with E-state index in [4.69, 9.17) is 5.73 Å². The maximum Gasteiger partial charge on any atom is 0.0249 e. The molecule has 0 atom stereocenters. The Morgan fingerprint density at radius 2 is 1.88 bits per heavy atom. The molecule has 0 unspecified atom stereocenters. The van der Waals surface area contributed by atoms with Gasteiger partial charge in [0, 0.05) is 32.0 Å². The van der Waals surface area contributed by atoms with Crippen molar-refractivity contribution in [2.75, 3.05) is 7.05 Å². The van der Waals surface area contributed by atoms with Crippen molar-refractivity contribution in [3.8, 4) is 0 Å². The van der Waals surface area contributed by atoms with E-state index in [1.165, 1.54) is 16.7 Å². The van der Waals surface area contributed by atoms with Crippen LogP contribution >= 0.6 is 0 Å². The molecule has 3 heteroatoms. The third kappa shape index (κ3) is 3.44. The normalized spacial score (nSPS) is 11.0. The first-order valence-electron chi connectivity index (χ1n) is 5.86. The zero-order chi connectivity index (χ0) is 12.1. The minimum absolute atomic E-state index is 0.607. The maximum atomic E-state index is 5.64. The third-order valence-corrected chi connectivity index (χ3v) is 2.79. The number of H-pyrrole nitrogens is 1. The van der Waals surface area contributed by atoms with Crippen molar-refractivity contribution in [1.82, 2.24) is 9.88 Å². The molecule has 2 rings (SSSR count). The fraction of sp³-hybridized carbons (Fsp3) is 0.286. The summed E-state index contributed by atoms with van der Waals surface area (Å²) in [5.41, 5.74) is 9.45. The number of nitrogens with two attached hydrogens (primary N) is 1. The van der Waals surface area contributed by atoms with Gasteiger partial charge in [0.2, 0.25) is 0 Å². The van der Waals surface area contributed by atoms with Gasteiger partial charge in [-0.1, -0.05) is 24.3 Å². The van der Waals surface area contributed by atoms with Crippen molar-refractivity contribution < 1.29 is 0 Å². The predicted octanol–water partition coefficient (Wildman–Crippen LogP) is 2.11. The first-order valence-corrected chi connectivity index (χ1v) is 5.86. The van der Waals surface area contributed by atoms with E-state index < -0.39 is 0 Å². The molecule has 90 valence electrons. The van der Waals surface area contributed by atoms with Gasteiger partial charge >= 0.3 is 0 Å². The fourth-order valence-corrected chi connectivity index (χ4v) is 1.99. The van der Waals surface area contributed by atoms with Crippen LogP contribution in [0.15, 0.2) is 42.7 Å². The summed E-state index contributed by atoms with van der Waals surface area (Å²) in [6.45, 7) is 2.50. The largest absolute Gasteiger partial charge is 0.367 e. The summed E-state index contributed by atoms with van der Waals surface area (Å²) in [7, 11) is 2.13. The van der Waals surface area contributed by atoms with E-state index in [0.717, 1.165) is 13.1 Å². The fourth-order valence-electron chi connectivity index (χ4n) is 1.99. The van der Waals surface area contributed by atoms with Crippen LogP contribution < -0.4 is 5.73 Å². The third-order valence-electron chi connectivity index (χ3n) is 2.79. The van der Waals surface area contributed by atoms with Gasteiger partial charge in [0.25, 0.3) is 0 Å². The lowest BCUT2D eigenvalue weighted by Gasteiger charge is -2.16. The first kappa shape index (κ1) is 11.9. The van der Waals surface area contributed by atoms with E-state index in [-0.39, 0.29) is 0 Å². The van der Waals surface area contributed by atoms with Crippen LogP contribution in [0.4, 0.5) is 0 Å². The summed E-state index contributed by atoms with van der Waals surface area (Å²) < 4.78 is 0. The summed E-state index contributed by atoms with van der Waals surface area (Å²) >= 11 is 0. The Bertz CT molecular complexity index is 448. The molecule has 0 amide bonds. The number of benzene rings is 1. The average Bonchev–Trinajstić information content (AvgIpc) is 2.82. The highest BCUT2D eigenvalue weighted by molar-refractivity contribution is 5.23. The van der Waals surface area contributed by atoms with Crippen LogP contribution in [0.1, 0.15) is 16.7 Å². The molecule has 0 aliphatic heterocycles. The van der Waals surface area contributed by atoms with Crippen molar-refractivity contribution in [3.63, 3.8) is 0 Å². The lowest BCUT2D eigenvalue weighted by molar-refractivity contribution is 0.319. The van der Waals surface area contributed by atoms with E-state index in [1.807, 2.05) is 12.4 Å². The van der Waals surface area contributed by atoms with Gasteiger partial charge < -0.3 is 10.7 Å². The van der Waals surface area contributed by atoms with Gasteiger partial charge in [0.05, 0.1) is 0 Å². The molecular weight excluding hydrogens is 210 g/mol. The number of hydrogen-bond acceptors (Lipinski definition) is 2. The van der Waals surface area contributed by atoms with Crippen molar-refractivity contribution in [2.45, 2.75) is 19.6 Å². The molecule has 0 saturated carbocycles. The smallest absolute Gasteiger partial charge is 0.0249 e. The Kier molecular flexibility index (Phi) is 3.96. The van der Waals surface area contributed by atoms with Gasteiger partial charge in [0.15, 0.2) is 0 Å². The molecule has 0 spiro atoms. The molecule has 1 heterocycles. The van der Waals surface area contributed by atoms with Crippen molar-refractivity contribution >= 4 is 0 Å². The quantitative estimate of drug-likeness (QED) is 0.824. The standard InChI is InChI=1S/C14H19N3/c1-17(11-14-5-6-16-9-14)10-13-4-2-3-12(7-13)8-15/h2-7,9,16H,8,10-11,15H2,1H3. The number of aromatic nitrogens is 1. The molecule has 2 aromatic rings. The van der Waals surface area contributed by atoms with Gasteiger partial charge in [-0.15, -0.1) is 0 Å². The van der Waals surface area contributed by atoms with E-state index in [1.54, 1.807) is 0 Å². The molecular formula is C14H19N3. The maximum absolute atomic E-state index is 5.64. The minimum atomic E-state index is 0.607. The number of rotatable bonds is 5. The summed E-state index contributed by atoms with van der Waals surface area (Å²) in [4.78, 5) is 5.36. The van der Waals surface area contributed by atoms with Gasteiger partial charge in [-0.25, -0.2) is 0 Å². The van der Waals surface area contributed by atoms with Crippen molar-refractivity contribution in [3.05, 3.63) is 59.4 Å². The Hall–Kier alpha value is -1.58. The Labute approximate surface area is 102 Å². The SMILES string of the molecule is CN(Cc1cc[nH]c1)Cc1cccc(CN)c1. The van der Waals surface area contributed by atoms with Crippen LogP contribution in [-0.2, 0) is 19.6 Å². The molecule has 3 N–H and O–H groups in total. The average molecular weight is 229 g/mol. The number of aromatic amines is 1. The van der Waals surface area contributed by atoms with E-state index in [0.29, 0.717) is 6.54 Å². The van der Waals surface area contributed by atoms with Gasteiger partial charge in [-0.3, -0.25) is 4.90 Å². The number of nitrogens with one attached hydrogen (secondary N) is 1. The monoisotopic (exact) mass is 229 g/mol. The Balaban J connectivity index is 1.95. The molecule has 3 nitrogen and oxygen atoms in total. The molecule has 1 aromatic carbocycles. The summed E-state index contributed by atoms with van der Waals surface area (Å²) in [5, 5.41) is 0. The van der Waals surface area contributed by atoms with Crippen LogP contribution in [0.5, 0.6) is 0 Å². The Morgan fingerprint density at radius 1 is 1.12 bits per heavy atom. The summed E-state index contributed by atoms with van der Waals surface area (Å²) in [6.07, 6.45) is 3.99. The number of hydrogen-bond donors (Lipinski definition) is 2. The van der Waals surface area contributed by atoms with Crippen LogP contribution in [0, 0.1) is 0 Å². The molecule has 0 aliphatic carbocycles. The van der Waals surface area contributed by atoms with Crippen LogP contribution in [0.2, 0.25) is 0 Å². The Morgan fingerprint density at radius 3 is 2.59 bits per heavy atom. The highest BCUT2D eigenvalue weighted by Gasteiger charge is 2.02. The number of nitrogens with zero attached hydrogens (tertiary/aromatic N) is 1. The molecule has 0 saturated heterocycles. The second-order valence-corrected chi connectivity index (χ2v) is 4.42. The highest BCUT2D eigenvalue weighted by Crippen LogP contribution is 2.09. The minimum Gasteiger partial charge on any atom is -0.367 e. The molecule has 17 heavy (non-hydrogen) atoms. The van der Waals surface area contributed by atoms with Gasteiger partial charge in [-0.05, 0) is 29.8 Å². The highest BCUT2D eigenvalue weighted by atomic mass is 15.1. The van der Waals surface area contributed by atoms with Crippen molar-refractivity contribution in [2.24, 2.45) is 5.73 Å². The van der Waals surface area contributed by atoms with Gasteiger partial charge in [0.1, 0.15) is 0 Å². The predicted molar refractivity (Wildman–Crippen MR) is 70.3 cm³/mol. The zero-order valence-corrected chi connectivity index (χ0v) is 10.2. The lowest BCUT2D eigenvalue weighted by atomic mass is 10.1. The molecule has 1 aromatic heterocycles. The van der Waals surface area contributed by atoms with E-state index in [2.05, 4.69) is 47.3 Å². The van der Waals surface area contributed by atoms with Gasteiger partial charge in [-0.2, -0.15) is 0 Å². The lowest BCUT2D eigenvalue weighted by Crippen LogP contribution is -2.17. The zero-order valence-electron chi connectivity index (χ0n) is 10.2. The second-order valence-electron chi connectivity index (χ2n) is 4.42. The summed E-state index contributed by atoms with van der Waals surface area (Å²) in [6, 6.07) is 10.6. The molecule has 0 bridgehead atoms. The molecule has 0 aliphatic rings. The van der Waals surface area contributed by atoms with Crippen LogP contribution in [0.3, 0.4) is 0 Å². The van der Waals surface area contributed by atoms with Crippen LogP contribution in [0.25, 0.3) is 0 Å². The second kappa shape index (κ2) is 5.66.